The van der Waals surface area contributed by atoms with Gasteiger partial charge in [0.1, 0.15) is 23.5 Å². The average Bonchev–Trinajstić information content (AvgIpc) is 2.56. The van der Waals surface area contributed by atoms with Crippen molar-refractivity contribution in [3.05, 3.63) is 50.8 Å². The molecule has 6 heteroatoms. The summed E-state index contributed by atoms with van der Waals surface area (Å²) in [6.45, 7) is 5.96. The van der Waals surface area contributed by atoms with Gasteiger partial charge in [0, 0.05) is 11.1 Å². The highest BCUT2D eigenvalue weighted by Crippen LogP contribution is 2.43. The fourth-order valence-electron chi connectivity index (χ4n) is 2.93. The third-order valence-corrected chi connectivity index (χ3v) is 4.33. The molecule has 0 bridgehead atoms. The summed E-state index contributed by atoms with van der Waals surface area (Å²) in [6.07, 6.45) is -0.614. The Morgan fingerprint density at radius 3 is 2.72 bits per heavy atom. The lowest BCUT2D eigenvalue weighted by atomic mass is 9.92. The van der Waals surface area contributed by atoms with Crippen molar-refractivity contribution in [2.24, 2.45) is 0 Å². The molecule has 1 aromatic heterocycles. The molecule has 25 heavy (non-hydrogen) atoms. The molecule has 0 radical (unpaired) electrons. The van der Waals surface area contributed by atoms with Gasteiger partial charge < -0.3 is 14.5 Å². The molecule has 1 aliphatic heterocycles. The van der Waals surface area contributed by atoms with Crippen LogP contribution in [0.5, 0.6) is 5.75 Å². The third kappa shape index (κ3) is 3.01. The number of benzene rings is 1. The topological polar surface area (TPSA) is 92.2 Å². The number of hydrogen-bond acceptors (Lipinski definition) is 5. The van der Waals surface area contributed by atoms with Gasteiger partial charge in [-0.2, -0.15) is 5.26 Å². The number of hydrogen-bond donors (Lipinski definition) is 1. The molecule has 1 N–H and O–H groups in total. The van der Waals surface area contributed by atoms with Crippen molar-refractivity contribution in [2.45, 2.75) is 33.3 Å². The molecule has 0 aliphatic carbocycles. The van der Waals surface area contributed by atoms with Crippen molar-refractivity contribution in [3.8, 4) is 23.1 Å². The van der Waals surface area contributed by atoms with Gasteiger partial charge in [0.25, 0.3) is 5.56 Å². The largest absolute Gasteiger partial charge is 0.484 e. The van der Waals surface area contributed by atoms with Gasteiger partial charge in [-0.15, -0.1) is 0 Å². The van der Waals surface area contributed by atoms with E-state index in [4.69, 9.17) is 14.7 Å². The summed E-state index contributed by atoms with van der Waals surface area (Å²) in [4.78, 5) is 26.8. The highest BCUT2D eigenvalue weighted by molar-refractivity contribution is 5.77. The standard InChI is InChI=1S/C19H18N2O4/c1-4-24-17(22)8-16-14-7-12(9-20)19(23)21-18(14)13-5-10(2)11(3)6-15(13)25-16/h5-7,16H,4,8H2,1-3H3,(H,21,23). The van der Waals surface area contributed by atoms with E-state index < -0.39 is 17.6 Å². The molecule has 0 fully saturated rings. The van der Waals surface area contributed by atoms with E-state index in [1.54, 1.807) is 6.92 Å². The summed E-state index contributed by atoms with van der Waals surface area (Å²) >= 11 is 0. The van der Waals surface area contributed by atoms with Crippen LogP contribution >= 0.6 is 0 Å². The van der Waals surface area contributed by atoms with E-state index in [0.717, 1.165) is 16.7 Å². The molecule has 0 spiro atoms. The Morgan fingerprint density at radius 2 is 2.04 bits per heavy atom. The SMILES string of the molecule is CCOC(=O)CC1Oc2cc(C)c(C)cc2-c2[nH]c(=O)c(C#N)cc21. The molecule has 3 rings (SSSR count). The van der Waals surface area contributed by atoms with E-state index in [2.05, 4.69) is 4.98 Å². The van der Waals surface area contributed by atoms with Crippen molar-refractivity contribution in [1.29, 1.82) is 5.26 Å². The number of pyridine rings is 1. The molecular weight excluding hydrogens is 320 g/mol. The summed E-state index contributed by atoms with van der Waals surface area (Å²) in [6, 6.07) is 7.20. The number of fused-ring (bicyclic) bond motifs is 3. The number of nitriles is 1. The maximum atomic E-state index is 12.1. The number of rotatable bonds is 3. The summed E-state index contributed by atoms with van der Waals surface area (Å²) in [5.41, 5.74) is 3.59. The number of aromatic nitrogens is 1. The van der Waals surface area contributed by atoms with E-state index in [0.29, 0.717) is 17.0 Å². The van der Waals surface area contributed by atoms with Gasteiger partial charge in [-0.25, -0.2) is 0 Å². The van der Waals surface area contributed by atoms with Crippen LogP contribution in [0.15, 0.2) is 23.0 Å². The van der Waals surface area contributed by atoms with E-state index >= 15 is 0 Å². The summed E-state index contributed by atoms with van der Waals surface area (Å²) in [5.74, 6) is 0.209. The third-order valence-electron chi connectivity index (χ3n) is 4.33. The van der Waals surface area contributed by atoms with Gasteiger partial charge in [-0.1, -0.05) is 0 Å². The first-order valence-electron chi connectivity index (χ1n) is 8.05. The van der Waals surface area contributed by atoms with Gasteiger partial charge >= 0.3 is 5.97 Å². The first kappa shape index (κ1) is 16.8. The Hall–Kier alpha value is -3.07. The van der Waals surface area contributed by atoms with E-state index in [-0.39, 0.29) is 18.6 Å². The molecule has 1 atom stereocenters. The second-order valence-electron chi connectivity index (χ2n) is 6.00. The van der Waals surface area contributed by atoms with Crippen LogP contribution < -0.4 is 10.3 Å². The Morgan fingerprint density at radius 1 is 1.32 bits per heavy atom. The molecule has 128 valence electrons. The highest BCUT2D eigenvalue weighted by atomic mass is 16.5. The van der Waals surface area contributed by atoms with Crippen LogP contribution in [0.3, 0.4) is 0 Å². The van der Waals surface area contributed by atoms with Crippen molar-refractivity contribution in [3.63, 3.8) is 0 Å². The molecule has 1 aliphatic rings. The average molecular weight is 338 g/mol. The molecule has 1 unspecified atom stereocenters. The second kappa shape index (κ2) is 6.44. The number of carbonyl (C=O) groups excluding carboxylic acids is 1. The molecule has 1 aromatic carbocycles. The van der Waals surface area contributed by atoms with Gasteiger partial charge in [-0.3, -0.25) is 9.59 Å². The minimum absolute atomic E-state index is 0.00408. The lowest BCUT2D eigenvalue weighted by Gasteiger charge is -2.28. The molecule has 2 heterocycles. The Bertz CT molecular complexity index is 953. The van der Waals surface area contributed by atoms with Gasteiger partial charge in [0.15, 0.2) is 0 Å². The van der Waals surface area contributed by atoms with E-state index in [1.165, 1.54) is 6.07 Å². The number of aryl methyl sites for hydroxylation is 2. The number of nitrogens with zero attached hydrogens (tertiary/aromatic N) is 1. The lowest BCUT2D eigenvalue weighted by molar-refractivity contribution is -0.145. The Kier molecular flexibility index (Phi) is 4.32. The molecule has 0 saturated heterocycles. The summed E-state index contributed by atoms with van der Waals surface area (Å²) in [5, 5.41) is 9.15. The number of nitrogens with one attached hydrogen (secondary N) is 1. The number of aromatic amines is 1. The van der Waals surface area contributed by atoms with Crippen LogP contribution in [-0.2, 0) is 9.53 Å². The van der Waals surface area contributed by atoms with Gasteiger partial charge in [-0.05, 0) is 50.1 Å². The smallest absolute Gasteiger partial charge is 0.309 e. The first-order valence-corrected chi connectivity index (χ1v) is 8.05. The zero-order valence-corrected chi connectivity index (χ0v) is 14.3. The van der Waals surface area contributed by atoms with Crippen molar-refractivity contribution >= 4 is 5.97 Å². The van der Waals surface area contributed by atoms with Crippen molar-refractivity contribution < 1.29 is 14.3 Å². The van der Waals surface area contributed by atoms with Crippen molar-refractivity contribution in [2.75, 3.05) is 6.61 Å². The normalized spacial score (nSPS) is 14.7. The second-order valence-corrected chi connectivity index (χ2v) is 6.00. The monoisotopic (exact) mass is 338 g/mol. The van der Waals surface area contributed by atoms with Crippen LogP contribution in [-0.4, -0.2) is 17.6 Å². The minimum Gasteiger partial charge on any atom is -0.484 e. The maximum Gasteiger partial charge on any atom is 0.309 e. The van der Waals surface area contributed by atoms with Crippen LogP contribution in [0.4, 0.5) is 0 Å². The number of carbonyl (C=O) groups is 1. The quantitative estimate of drug-likeness (QED) is 0.869. The molecule has 0 amide bonds. The fourth-order valence-corrected chi connectivity index (χ4v) is 2.93. The molecule has 2 aromatic rings. The first-order chi connectivity index (χ1) is 11.9. The molecular formula is C19H18N2O4. The van der Waals surface area contributed by atoms with Crippen LogP contribution in [0.2, 0.25) is 0 Å². The van der Waals surface area contributed by atoms with Crippen LogP contribution in [0.25, 0.3) is 11.3 Å². The maximum absolute atomic E-state index is 12.1. The minimum atomic E-state index is -0.618. The van der Waals surface area contributed by atoms with E-state index in [1.807, 2.05) is 32.0 Å². The number of H-pyrrole nitrogens is 1. The summed E-state index contributed by atoms with van der Waals surface area (Å²) in [7, 11) is 0. The lowest BCUT2D eigenvalue weighted by Crippen LogP contribution is -2.23. The number of esters is 1. The predicted molar refractivity (Wildman–Crippen MR) is 91.3 cm³/mol. The Balaban J connectivity index is 2.17. The van der Waals surface area contributed by atoms with E-state index in [9.17, 15) is 9.59 Å². The van der Waals surface area contributed by atoms with Gasteiger partial charge in [0.2, 0.25) is 0 Å². The Labute approximate surface area is 145 Å². The molecule has 6 nitrogen and oxygen atoms in total. The van der Waals surface area contributed by atoms with Crippen LogP contribution in [0.1, 0.15) is 41.7 Å². The van der Waals surface area contributed by atoms with Crippen molar-refractivity contribution in [1.82, 2.24) is 4.98 Å². The zero-order chi connectivity index (χ0) is 18.1. The van der Waals surface area contributed by atoms with Gasteiger partial charge in [0.05, 0.1) is 18.7 Å². The summed E-state index contributed by atoms with van der Waals surface area (Å²) < 4.78 is 11.0. The molecule has 0 saturated carbocycles. The zero-order valence-electron chi connectivity index (χ0n) is 14.3. The number of ether oxygens (including phenoxy) is 2. The highest BCUT2D eigenvalue weighted by Gasteiger charge is 2.30. The predicted octanol–water partition coefficient (Wildman–Crippen LogP) is 2.92. The van der Waals surface area contributed by atoms with Crippen LogP contribution in [0, 0.1) is 25.2 Å². The fraction of sp³-hybridized carbons (Fsp3) is 0.316.